The van der Waals surface area contributed by atoms with E-state index in [0.29, 0.717) is 23.7 Å². The first-order valence-corrected chi connectivity index (χ1v) is 6.86. The molecule has 6 heteroatoms. The molecular formula is C16H15FN2O3. The van der Waals surface area contributed by atoms with E-state index in [4.69, 9.17) is 9.47 Å². The highest BCUT2D eigenvalue weighted by atomic mass is 19.1. The van der Waals surface area contributed by atoms with E-state index in [1.165, 1.54) is 6.07 Å². The van der Waals surface area contributed by atoms with Crippen molar-refractivity contribution < 1.29 is 18.7 Å². The van der Waals surface area contributed by atoms with Crippen LogP contribution in [0.25, 0.3) is 0 Å². The molecule has 0 radical (unpaired) electrons. The van der Waals surface area contributed by atoms with Crippen molar-refractivity contribution in [3.8, 4) is 11.5 Å². The molecule has 3 rings (SSSR count). The molecule has 0 spiro atoms. The fourth-order valence-corrected chi connectivity index (χ4v) is 2.09. The predicted molar refractivity (Wildman–Crippen MR) is 79.3 cm³/mol. The molecule has 0 aromatic heterocycles. The molecule has 0 unspecified atom stereocenters. The molecule has 2 aromatic rings. The average Bonchev–Trinajstić information content (AvgIpc) is 2.99. The Balaban J connectivity index is 1.49. The second-order valence-electron chi connectivity index (χ2n) is 4.80. The van der Waals surface area contributed by atoms with Gasteiger partial charge >= 0.3 is 0 Å². The summed E-state index contributed by atoms with van der Waals surface area (Å²) in [4.78, 5) is 11.8. The summed E-state index contributed by atoms with van der Waals surface area (Å²) in [5, 5.41) is 5.52. The molecule has 0 saturated heterocycles. The number of amides is 1. The van der Waals surface area contributed by atoms with Gasteiger partial charge in [-0.3, -0.25) is 4.79 Å². The number of halogens is 1. The van der Waals surface area contributed by atoms with Gasteiger partial charge in [-0.15, -0.1) is 0 Å². The van der Waals surface area contributed by atoms with Crippen molar-refractivity contribution >= 4 is 11.6 Å². The maximum absolute atomic E-state index is 13.4. The van der Waals surface area contributed by atoms with Gasteiger partial charge in [0.05, 0.1) is 12.2 Å². The Kier molecular flexibility index (Phi) is 4.09. The highest BCUT2D eigenvalue weighted by Crippen LogP contribution is 2.32. The summed E-state index contributed by atoms with van der Waals surface area (Å²) in [6.07, 6.45) is 0. The van der Waals surface area contributed by atoms with Gasteiger partial charge in [0, 0.05) is 6.54 Å². The van der Waals surface area contributed by atoms with E-state index in [1.54, 1.807) is 24.3 Å². The van der Waals surface area contributed by atoms with Gasteiger partial charge in [0.2, 0.25) is 12.7 Å². The number of hydrogen-bond donors (Lipinski definition) is 2. The zero-order valence-corrected chi connectivity index (χ0v) is 11.8. The monoisotopic (exact) mass is 302 g/mol. The topological polar surface area (TPSA) is 59.6 Å². The smallest absolute Gasteiger partial charge is 0.239 e. The van der Waals surface area contributed by atoms with E-state index in [2.05, 4.69) is 10.6 Å². The lowest BCUT2D eigenvalue weighted by molar-refractivity contribution is -0.119. The molecule has 1 heterocycles. The van der Waals surface area contributed by atoms with Crippen LogP contribution >= 0.6 is 0 Å². The molecule has 114 valence electrons. The van der Waals surface area contributed by atoms with E-state index in [0.717, 1.165) is 5.56 Å². The zero-order valence-electron chi connectivity index (χ0n) is 11.8. The lowest BCUT2D eigenvalue weighted by Gasteiger charge is -2.09. The van der Waals surface area contributed by atoms with Crippen LogP contribution in [0.4, 0.5) is 10.1 Å². The van der Waals surface area contributed by atoms with Gasteiger partial charge in [0.15, 0.2) is 11.5 Å². The molecule has 22 heavy (non-hydrogen) atoms. The van der Waals surface area contributed by atoms with E-state index >= 15 is 0 Å². The molecule has 5 nitrogen and oxygen atoms in total. The number of ether oxygens (including phenoxy) is 2. The van der Waals surface area contributed by atoms with Crippen LogP contribution in [-0.4, -0.2) is 19.2 Å². The third-order valence-corrected chi connectivity index (χ3v) is 3.24. The molecule has 0 aliphatic carbocycles. The van der Waals surface area contributed by atoms with Gasteiger partial charge < -0.3 is 20.1 Å². The standard InChI is InChI=1S/C16H15FN2O3/c17-12-3-1-2-4-13(12)18-9-16(20)19-8-11-5-6-14-15(7-11)22-10-21-14/h1-7,18H,8-10H2,(H,19,20). The summed E-state index contributed by atoms with van der Waals surface area (Å²) < 4.78 is 23.9. The van der Waals surface area contributed by atoms with Crippen molar-refractivity contribution in [3.05, 3.63) is 53.8 Å². The normalized spacial score (nSPS) is 12.0. The van der Waals surface area contributed by atoms with Crippen LogP contribution in [0.1, 0.15) is 5.56 Å². The van der Waals surface area contributed by atoms with E-state index in [-0.39, 0.29) is 25.1 Å². The van der Waals surface area contributed by atoms with Crippen LogP contribution in [0.5, 0.6) is 11.5 Å². The number of benzene rings is 2. The van der Waals surface area contributed by atoms with Gasteiger partial charge in [-0.05, 0) is 29.8 Å². The van der Waals surface area contributed by atoms with Crippen molar-refractivity contribution in [2.75, 3.05) is 18.7 Å². The van der Waals surface area contributed by atoms with E-state index < -0.39 is 0 Å². The highest BCUT2D eigenvalue weighted by Gasteiger charge is 2.13. The highest BCUT2D eigenvalue weighted by molar-refractivity contribution is 5.80. The van der Waals surface area contributed by atoms with Crippen LogP contribution < -0.4 is 20.1 Å². The molecule has 0 atom stereocenters. The Morgan fingerprint density at radius 2 is 1.95 bits per heavy atom. The third-order valence-electron chi connectivity index (χ3n) is 3.24. The van der Waals surface area contributed by atoms with Crippen LogP contribution in [0.15, 0.2) is 42.5 Å². The number of para-hydroxylation sites is 1. The van der Waals surface area contributed by atoms with Crippen LogP contribution in [-0.2, 0) is 11.3 Å². The lowest BCUT2D eigenvalue weighted by atomic mass is 10.2. The van der Waals surface area contributed by atoms with Gasteiger partial charge in [-0.1, -0.05) is 18.2 Å². The number of anilines is 1. The van der Waals surface area contributed by atoms with Crippen molar-refractivity contribution in [3.63, 3.8) is 0 Å². The molecule has 1 aliphatic rings. The summed E-state index contributed by atoms with van der Waals surface area (Å²) in [5.74, 6) is 0.777. The number of nitrogens with one attached hydrogen (secondary N) is 2. The molecule has 1 aliphatic heterocycles. The Labute approximate surface area is 127 Å². The largest absolute Gasteiger partial charge is 0.454 e. The van der Waals surface area contributed by atoms with Crippen molar-refractivity contribution in [2.24, 2.45) is 0 Å². The lowest BCUT2D eigenvalue weighted by Crippen LogP contribution is -2.29. The second kappa shape index (κ2) is 6.34. The number of hydrogen-bond acceptors (Lipinski definition) is 4. The van der Waals surface area contributed by atoms with Crippen molar-refractivity contribution in [1.82, 2.24) is 5.32 Å². The first-order chi connectivity index (χ1) is 10.7. The molecule has 1 amide bonds. The second-order valence-corrected chi connectivity index (χ2v) is 4.80. The summed E-state index contributed by atoms with van der Waals surface area (Å²) in [6.45, 7) is 0.595. The molecule has 0 fully saturated rings. The van der Waals surface area contributed by atoms with Crippen LogP contribution in [0, 0.1) is 5.82 Å². The zero-order chi connectivity index (χ0) is 15.4. The Hall–Kier alpha value is -2.76. The first kappa shape index (κ1) is 14.2. The molecule has 2 N–H and O–H groups in total. The summed E-state index contributed by atoms with van der Waals surface area (Å²) in [5.41, 5.74) is 1.21. The van der Waals surface area contributed by atoms with Crippen molar-refractivity contribution in [1.29, 1.82) is 0 Å². The number of carbonyl (C=O) groups is 1. The van der Waals surface area contributed by atoms with E-state index in [9.17, 15) is 9.18 Å². The van der Waals surface area contributed by atoms with Gasteiger partial charge in [0.25, 0.3) is 0 Å². The molecule has 2 aromatic carbocycles. The molecule has 0 saturated carbocycles. The quantitative estimate of drug-likeness (QED) is 0.889. The Morgan fingerprint density at radius 3 is 2.82 bits per heavy atom. The summed E-state index contributed by atoms with van der Waals surface area (Å²) in [7, 11) is 0. The first-order valence-electron chi connectivity index (χ1n) is 6.86. The third kappa shape index (κ3) is 3.28. The van der Waals surface area contributed by atoms with Gasteiger partial charge in [-0.2, -0.15) is 0 Å². The SMILES string of the molecule is O=C(CNc1ccccc1F)NCc1ccc2c(c1)OCO2. The predicted octanol–water partition coefficient (Wildman–Crippen LogP) is 2.28. The van der Waals surface area contributed by atoms with Crippen LogP contribution in [0.2, 0.25) is 0 Å². The minimum Gasteiger partial charge on any atom is -0.454 e. The average molecular weight is 302 g/mol. The fraction of sp³-hybridized carbons (Fsp3) is 0.188. The number of fused-ring (bicyclic) bond motifs is 1. The van der Waals surface area contributed by atoms with Gasteiger partial charge in [-0.25, -0.2) is 4.39 Å². The van der Waals surface area contributed by atoms with Crippen molar-refractivity contribution in [2.45, 2.75) is 6.54 Å². The Morgan fingerprint density at radius 1 is 1.14 bits per heavy atom. The summed E-state index contributed by atoms with van der Waals surface area (Å²) in [6, 6.07) is 11.7. The van der Waals surface area contributed by atoms with E-state index in [1.807, 2.05) is 12.1 Å². The molecule has 0 bridgehead atoms. The van der Waals surface area contributed by atoms with Gasteiger partial charge in [0.1, 0.15) is 5.82 Å². The fourth-order valence-electron chi connectivity index (χ4n) is 2.09. The number of rotatable bonds is 5. The van der Waals surface area contributed by atoms with Crippen LogP contribution in [0.3, 0.4) is 0 Å². The number of carbonyl (C=O) groups excluding carboxylic acids is 1. The minimum absolute atomic E-state index is 0.00544. The Bertz CT molecular complexity index is 691. The molecular weight excluding hydrogens is 287 g/mol. The summed E-state index contributed by atoms with van der Waals surface area (Å²) >= 11 is 0. The maximum Gasteiger partial charge on any atom is 0.239 e. The minimum atomic E-state index is -0.383. The maximum atomic E-state index is 13.4.